The zero-order valence-electron chi connectivity index (χ0n) is 16.8. The van der Waals surface area contributed by atoms with Gasteiger partial charge in [0.05, 0.1) is 28.3 Å². The monoisotopic (exact) mass is 473 g/mol. The fraction of sp³-hybridized carbons (Fsp3) is 0.136. The summed E-state index contributed by atoms with van der Waals surface area (Å²) in [5.41, 5.74) is 1.19. The van der Waals surface area contributed by atoms with Crippen molar-refractivity contribution in [3.63, 3.8) is 0 Å². The van der Waals surface area contributed by atoms with E-state index in [1.807, 2.05) is 0 Å². The number of fused-ring (bicyclic) bond motifs is 1. The van der Waals surface area contributed by atoms with Gasteiger partial charge < -0.3 is 0 Å². The Labute approximate surface area is 187 Å². The number of amides is 1. The topological polar surface area (TPSA) is 80.2 Å². The summed E-state index contributed by atoms with van der Waals surface area (Å²) in [5.74, 6) is -1.87. The van der Waals surface area contributed by atoms with E-state index in [1.54, 1.807) is 36.5 Å². The number of hydrogen-bond acceptors (Lipinski definition) is 6. The van der Waals surface area contributed by atoms with Crippen LogP contribution in [0.25, 0.3) is 10.2 Å². The lowest BCUT2D eigenvalue weighted by molar-refractivity contribution is -0.118. The Kier molecular flexibility index (Phi) is 5.98. The molecule has 0 bridgehead atoms. The van der Waals surface area contributed by atoms with E-state index in [-0.39, 0.29) is 39.1 Å². The first-order valence-corrected chi connectivity index (χ1v) is 12.2. The highest BCUT2D eigenvalue weighted by Crippen LogP contribution is 2.32. The minimum absolute atomic E-state index is 0.0114. The van der Waals surface area contributed by atoms with E-state index in [0.717, 1.165) is 23.7 Å². The molecule has 0 radical (unpaired) electrons. The number of aromatic nitrogens is 2. The number of nitrogens with zero attached hydrogens (tertiary/aromatic N) is 3. The first-order valence-electron chi connectivity index (χ1n) is 9.45. The molecule has 2 heterocycles. The van der Waals surface area contributed by atoms with Gasteiger partial charge in [-0.2, -0.15) is 0 Å². The number of carbonyl (C=O) groups is 1. The normalized spacial score (nSPS) is 11.6. The average molecular weight is 474 g/mol. The van der Waals surface area contributed by atoms with E-state index < -0.39 is 21.5 Å². The van der Waals surface area contributed by atoms with Gasteiger partial charge in [-0.1, -0.05) is 29.5 Å². The molecule has 0 atom stereocenters. The molecule has 10 heteroatoms. The Morgan fingerprint density at radius 2 is 1.84 bits per heavy atom. The molecule has 0 aliphatic heterocycles. The molecule has 0 fully saturated rings. The van der Waals surface area contributed by atoms with Gasteiger partial charge in [-0.3, -0.25) is 14.7 Å². The standard InChI is InChI=1S/C22H17F2N3O3S2/c1-32(29,30)17-7-5-14(6-8-17)10-20(28)27(13-16-4-2-3-9-25-16)22-26-21-18(24)11-15(23)12-19(21)31-22/h2-9,11-12H,10,13H2,1H3. The van der Waals surface area contributed by atoms with Crippen molar-refractivity contribution in [2.24, 2.45) is 0 Å². The lowest BCUT2D eigenvalue weighted by Gasteiger charge is -2.19. The number of carbonyl (C=O) groups excluding carboxylic acids is 1. The van der Waals surface area contributed by atoms with E-state index in [2.05, 4.69) is 9.97 Å². The molecule has 0 spiro atoms. The maximum atomic E-state index is 14.2. The fourth-order valence-corrected chi connectivity index (χ4v) is 4.75. The highest BCUT2D eigenvalue weighted by molar-refractivity contribution is 7.90. The predicted molar refractivity (Wildman–Crippen MR) is 118 cm³/mol. The molecule has 4 rings (SSSR count). The number of pyridine rings is 1. The summed E-state index contributed by atoms with van der Waals surface area (Å²) in [6.45, 7) is 0.0883. The number of thiazole rings is 1. The molecule has 0 unspecified atom stereocenters. The van der Waals surface area contributed by atoms with E-state index in [9.17, 15) is 22.0 Å². The zero-order valence-corrected chi connectivity index (χ0v) is 18.5. The second kappa shape index (κ2) is 8.71. The van der Waals surface area contributed by atoms with Crippen LogP contribution in [0.15, 0.2) is 65.7 Å². The number of rotatable bonds is 6. The quantitative estimate of drug-likeness (QED) is 0.420. The Morgan fingerprint density at radius 1 is 1.09 bits per heavy atom. The predicted octanol–water partition coefficient (Wildman–Crippen LogP) is 4.15. The minimum atomic E-state index is -3.35. The van der Waals surface area contributed by atoms with Gasteiger partial charge in [0, 0.05) is 18.5 Å². The lowest BCUT2D eigenvalue weighted by atomic mass is 10.1. The molecular formula is C22H17F2N3O3S2. The van der Waals surface area contributed by atoms with Gasteiger partial charge in [-0.15, -0.1) is 0 Å². The largest absolute Gasteiger partial charge is 0.282 e. The van der Waals surface area contributed by atoms with Gasteiger partial charge in [0.25, 0.3) is 0 Å². The fourth-order valence-electron chi connectivity index (χ4n) is 3.10. The summed E-state index contributed by atoms with van der Waals surface area (Å²) in [4.78, 5) is 23.2. The van der Waals surface area contributed by atoms with Crippen LogP contribution in [0.5, 0.6) is 0 Å². The van der Waals surface area contributed by atoms with Crippen molar-refractivity contribution in [1.29, 1.82) is 0 Å². The van der Waals surface area contributed by atoms with Gasteiger partial charge in [-0.25, -0.2) is 22.2 Å². The van der Waals surface area contributed by atoms with Crippen molar-refractivity contribution < 1.29 is 22.0 Å². The van der Waals surface area contributed by atoms with Crippen LogP contribution in [0.3, 0.4) is 0 Å². The summed E-state index contributed by atoms with van der Waals surface area (Å²) in [7, 11) is -3.35. The Hall–Kier alpha value is -3.24. The first-order chi connectivity index (χ1) is 15.2. The Morgan fingerprint density at radius 3 is 2.50 bits per heavy atom. The third-order valence-corrected chi connectivity index (χ3v) is 6.84. The van der Waals surface area contributed by atoms with Gasteiger partial charge >= 0.3 is 0 Å². The van der Waals surface area contributed by atoms with E-state index in [0.29, 0.717) is 11.3 Å². The minimum Gasteiger partial charge on any atom is -0.282 e. The van der Waals surface area contributed by atoms with Crippen LogP contribution in [-0.4, -0.2) is 30.5 Å². The molecule has 32 heavy (non-hydrogen) atoms. The summed E-state index contributed by atoms with van der Waals surface area (Å²) >= 11 is 1.00. The molecule has 2 aromatic heterocycles. The van der Waals surface area contributed by atoms with Crippen LogP contribution in [0, 0.1) is 11.6 Å². The smallest absolute Gasteiger partial charge is 0.233 e. The molecule has 6 nitrogen and oxygen atoms in total. The highest BCUT2D eigenvalue weighted by atomic mass is 32.2. The summed E-state index contributed by atoms with van der Waals surface area (Å²) in [5, 5.41) is 0.216. The van der Waals surface area contributed by atoms with E-state index in [1.165, 1.54) is 23.1 Å². The van der Waals surface area contributed by atoms with E-state index >= 15 is 0 Å². The SMILES string of the molecule is CS(=O)(=O)c1ccc(CC(=O)N(Cc2ccccn2)c2nc3c(F)cc(F)cc3s2)cc1. The molecule has 164 valence electrons. The van der Waals surface area contributed by atoms with Gasteiger partial charge in [0.1, 0.15) is 11.3 Å². The number of halogens is 2. The van der Waals surface area contributed by atoms with Crippen LogP contribution in [-0.2, 0) is 27.6 Å². The van der Waals surface area contributed by atoms with Crippen molar-refractivity contribution in [2.45, 2.75) is 17.9 Å². The van der Waals surface area contributed by atoms with Crippen molar-refractivity contribution >= 4 is 42.4 Å². The second-order valence-corrected chi connectivity index (χ2v) is 10.1. The van der Waals surface area contributed by atoms with Crippen LogP contribution in [0.4, 0.5) is 13.9 Å². The number of sulfone groups is 1. The van der Waals surface area contributed by atoms with Crippen molar-refractivity contribution in [1.82, 2.24) is 9.97 Å². The summed E-state index contributed by atoms with van der Waals surface area (Å²) in [6, 6.07) is 13.2. The van der Waals surface area contributed by atoms with Crippen molar-refractivity contribution in [3.05, 3.63) is 83.7 Å². The first kappa shape index (κ1) is 22.0. The molecule has 0 aliphatic carbocycles. The van der Waals surface area contributed by atoms with Gasteiger partial charge in [0.2, 0.25) is 5.91 Å². The number of hydrogen-bond donors (Lipinski definition) is 0. The highest BCUT2D eigenvalue weighted by Gasteiger charge is 2.22. The lowest BCUT2D eigenvalue weighted by Crippen LogP contribution is -2.32. The molecule has 1 amide bonds. The zero-order chi connectivity index (χ0) is 22.9. The third kappa shape index (κ3) is 4.81. The van der Waals surface area contributed by atoms with Crippen LogP contribution in [0.2, 0.25) is 0 Å². The number of anilines is 1. The molecule has 2 aromatic carbocycles. The van der Waals surface area contributed by atoms with Gasteiger partial charge in [-0.05, 0) is 35.9 Å². The molecule has 0 saturated heterocycles. The average Bonchev–Trinajstić information content (AvgIpc) is 3.16. The van der Waals surface area contributed by atoms with Crippen LogP contribution >= 0.6 is 11.3 Å². The summed E-state index contributed by atoms with van der Waals surface area (Å²) in [6.07, 6.45) is 2.66. The second-order valence-electron chi connectivity index (χ2n) is 7.12. The molecule has 0 N–H and O–H groups in total. The third-order valence-electron chi connectivity index (χ3n) is 4.69. The molecular weight excluding hydrogens is 456 g/mol. The van der Waals surface area contributed by atoms with Crippen molar-refractivity contribution in [2.75, 3.05) is 11.2 Å². The Bertz CT molecular complexity index is 1390. The molecule has 0 saturated carbocycles. The molecule has 0 aliphatic rings. The van der Waals surface area contributed by atoms with E-state index in [4.69, 9.17) is 0 Å². The van der Waals surface area contributed by atoms with Crippen LogP contribution < -0.4 is 4.90 Å². The Balaban J connectivity index is 1.68. The maximum absolute atomic E-state index is 14.2. The van der Waals surface area contributed by atoms with Crippen LogP contribution in [0.1, 0.15) is 11.3 Å². The van der Waals surface area contributed by atoms with Crippen molar-refractivity contribution in [3.8, 4) is 0 Å². The maximum Gasteiger partial charge on any atom is 0.233 e. The number of benzene rings is 2. The molecule has 4 aromatic rings. The summed E-state index contributed by atoms with van der Waals surface area (Å²) < 4.78 is 51.4. The van der Waals surface area contributed by atoms with Gasteiger partial charge in [0.15, 0.2) is 20.8 Å².